The molecule has 110 valence electrons. The van der Waals surface area contributed by atoms with E-state index >= 15 is 0 Å². The second-order valence-electron chi connectivity index (χ2n) is 5.68. The van der Waals surface area contributed by atoms with E-state index in [1.807, 2.05) is 0 Å². The lowest BCUT2D eigenvalue weighted by atomic mass is 9.96. The van der Waals surface area contributed by atoms with Gasteiger partial charge in [-0.1, -0.05) is 6.07 Å². The summed E-state index contributed by atoms with van der Waals surface area (Å²) in [4.78, 5) is 13.4. The summed E-state index contributed by atoms with van der Waals surface area (Å²) in [6, 6.07) is 6.54. The van der Waals surface area contributed by atoms with Crippen LogP contribution in [0.5, 0.6) is 0 Å². The number of nitrogens with one attached hydrogen (secondary N) is 1. The number of piperidine rings is 1. The highest BCUT2D eigenvalue weighted by Gasteiger charge is 2.19. The predicted molar refractivity (Wildman–Crippen MR) is 82.7 cm³/mol. The molecule has 1 heterocycles. The molecule has 4 heteroatoms. The number of carbonyl (C=O) groups is 1. The van der Waals surface area contributed by atoms with E-state index in [0.29, 0.717) is 12.5 Å². The van der Waals surface area contributed by atoms with Crippen LogP contribution in [0.25, 0.3) is 0 Å². The van der Waals surface area contributed by atoms with Crippen LogP contribution in [0.15, 0.2) is 18.2 Å². The Balaban J connectivity index is 1.90. The summed E-state index contributed by atoms with van der Waals surface area (Å²) in [7, 11) is 0. The Morgan fingerprint density at radius 1 is 1.40 bits per heavy atom. The fourth-order valence-electron chi connectivity index (χ4n) is 2.79. The molecule has 1 aliphatic rings. The third kappa shape index (κ3) is 3.73. The number of nitrogens with two attached hydrogens (primary N) is 1. The standard InChI is InChI=1S/C16H25N3O/c1-12-9-16(4-3-15(12)10-17)19-7-5-14(6-8-19)11-18-13(2)20/h3-4,9,14H,5-8,10-11,17H2,1-2H3,(H,18,20). The van der Waals surface area contributed by atoms with Crippen molar-refractivity contribution in [2.75, 3.05) is 24.5 Å². The summed E-state index contributed by atoms with van der Waals surface area (Å²) >= 11 is 0. The normalized spacial score (nSPS) is 16.2. The molecule has 2 rings (SSSR count). The number of rotatable bonds is 4. The monoisotopic (exact) mass is 275 g/mol. The minimum Gasteiger partial charge on any atom is -0.372 e. The van der Waals surface area contributed by atoms with Crippen molar-refractivity contribution in [1.82, 2.24) is 5.32 Å². The summed E-state index contributed by atoms with van der Waals surface area (Å²) in [5.41, 5.74) is 9.48. The highest BCUT2D eigenvalue weighted by molar-refractivity contribution is 5.72. The van der Waals surface area contributed by atoms with Crippen molar-refractivity contribution in [3.8, 4) is 0 Å². The zero-order chi connectivity index (χ0) is 14.5. The van der Waals surface area contributed by atoms with Crippen molar-refractivity contribution < 1.29 is 4.79 Å². The first kappa shape index (κ1) is 14.9. The molecule has 0 spiro atoms. The third-order valence-electron chi connectivity index (χ3n) is 4.17. The summed E-state index contributed by atoms with van der Waals surface area (Å²) in [5, 5.41) is 2.92. The second-order valence-corrected chi connectivity index (χ2v) is 5.68. The number of nitrogens with zero attached hydrogens (tertiary/aromatic N) is 1. The van der Waals surface area contributed by atoms with E-state index in [4.69, 9.17) is 5.73 Å². The van der Waals surface area contributed by atoms with Crippen LogP contribution in [0.3, 0.4) is 0 Å². The van der Waals surface area contributed by atoms with Crippen LogP contribution in [0, 0.1) is 12.8 Å². The summed E-state index contributed by atoms with van der Waals surface area (Å²) < 4.78 is 0. The molecule has 0 bridgehead atoms. The van der Waals surface area contributed by atoms with Crippen molar-refractivity contribution in [1.29, 1.82) is 0 Å². The van der Waals surface area contributed by atoms with Crippen molar-refractivity contribution in [3.63, 3.8) is 0 Å². The van der Waals surface area contributed by atoms with Gasteiger partial charge in [0.15, 0.2) is 0 Å². The molecule has 0 atom stereocenters. The van der Waals surface area contributed by atoms with E-state index in [1.165, 1.54) is 16.8 Å². The molecule has 0 unspecified atom stereocenters. The number of carbonyl (C=O) groups excluding carboxylic acids is 1. The average molecular weight is 275 g/mol. The Labute approximate surface area is 121 Å². The van der Waals surface area contributed by atoms with Gasteiger partial charge in [0, 0.05) is 38.8 Å². The largest absolute Gasteiger partial charge is 0.372 e. The van der Waals surface area contributed by atoms with Crippen LogP contribution in [0.4, 0.5) is 5.69 Å². The van der Waals surface area contributed by atoms with Gasteiger partial charge in [-0.25, -0.2) is 0 Å². The Morgan fingerprint density at radius 3 is 2.65 bits per heavy atom. The first-order valence-corrected chi connectivity index (χ1v) is 7.39. The first-order valence-electron chi connectivity index (χ1n) is 7.39. The Hall–Kier alpha value is -1.55. The molecule has 1 aromatic rings. The minimum absolute atomic E-state index is 0.0698. The molecule has 0 aliphatic carbocycles. The Bertz CT molecular complexity index is 465. The fourth-order valence-corrected chi connectivity index (χ4v) is 2.79. The molecule has 20 heavy (non-hydrogen) atoms. The summed E-state index contributed by atoms with van der Waals surface area (Å²) in [5.74, 6) is 0.681. The van der Waals surface area contributed by atoms with Gasteiger partial charge in [0.2, 0.25) is 5.91 Å². The third-order valence-corrected chi connectivity index (χ3v) is 4.17. The first-order chi connectivity index (χ1) is 9.60. The lowest BCUT2D eigenvalue weighted by Gasteiger charge is -2.34. The molecule has 1 aromatic carbocycles. The van der Waals surface area contributed by atoms with Gasteiger partial charge in [-0.2, -0.15) is 0 Å². The molecule has 1 aliphatic heterocycles. The quantitative estimate of drug-likeness (QED) is 0.881. The topological polar surface area (TPSA) is 58.4 Å². The lowest BCUT2D eigenvalue weighted by molar-refractivity contribution is -0.119. The smallest absolute Gasteiger partial charge is 0.216 e. The molecule has 1 amide bonds. The molecule has 0 aromatic heterocycles. The van der Waals surface area contributed by atoms with Gasteiger partial charge < -0.3 is 16.0 Å². The van der Waals surface area contributed by atoms with Gasteiger partial charge in [-0.3, -0.25) is 4.79 Å². The van der Waals surface area contributed by atoms with E-state index in [1.54, 1.807) is 6.92 Å². The van der Waals surface area contributed by atoms with E-state index in [9.17, 15) is 4.79 Å². The fraction of sp³-hybridized carbons (Fsp3) is 0.562. The van der Waals surface area contributed by atoms with Crippen LogP contribution in [0.1, 0.15) is 30.9 Å². The number of benzene rings is 1. The van der Waals surface area contributed by atoms with Crippen LogP contribution < -0.4 is 16.0 Å². The van der Waals surface area contributed by atoms with Crippen molar-refractivity contribution >= 4 is 11.6 Å². The van der Waals surface area contributed by atoms with Crippen molar-refractivity contribution in [3.05, 3.63) is 29.3 Å². The number of amides is 1. The maximum absolute atomic E-state index is 10.9. The van der Waals surface area contributed by atoms with E-state index in [2.05, 4.69) is 35.3 Å². The van der Waals surface area contributed by atoms with Gasteiger partial charge >= 0.3 is 0 Å². The highest BCUT2D eigenvalue weighted by atomic mass is 16.1. The lowest BCUT2D eigenvalue weighted by Crippen LogP contribution is -2.38. The average Bonchev–Trinajstić information content (AvgIpc) is 2.45. The molecule has 3 N–H and O–H groups in total. The second kappa shape index (κ2) is 6.75. The van der Waals surface area contributed by atoms with E-state index in [-0.39, 0.29) is 5.91 Å². The van der Waals surface area contributed by atoms with Gasteiger partial charge in [-0.05, 0) is 48.9 Å². The number of hydrogen-bond donors (Lipinski definition) is 2. The van der Waals surface area contributed by atoms with Crippen LogP contribution in [-0.4, -0.2) is 25.5 Å². The summed E-state index contributed by atoms with van der Waals surface area (Å²) in [6.45, 7) is 7.24. The molecule has 0 saturated carbocycles. The van der Waals surface area contributed by atoms with Crippen LogP contribution >= 0.6 is 0 Å². The predicted octanol–water partition coefficient (Wildman–Crippen LogP) is 1.81. The maximum atomic E-state index is 10.9. The molecular weight excluding hydrogens is 250 g/mol. The van der Waals surface area contributed by atoms with Crippen molar-refractivity contribution in [2.45, 2.75) is 33.2 Å². The van der Waals surface area contributed by atoms with Gasteiger partial charge in [0.25, 0.3) is 0 Å². The minimum atomic E-state index is 0.0698. The molecule has 1 fully saturated rings. The molecular formula is C16H25N3O. The van der Waals surface area contributed by atoms with E-state index in [0.717, 1.165) is 32.5 Å². The Kier molecular flexibility index (Phi) is 5.01. The maximum Gasteiger partial charge on any atom is 0.216 e. The SMILES string of the molecule is CC(=O)NCC1CCN(c2ccc(CN)c(C)c2)CC1. The number of anilines is 1. The highest BCUT2D eigenvalue weighted by Crippen LogP contribution is 2.24. The van der Waals surface area contributed by atoms with Crippen LogP contribution in [-0.2, 0) is 11.3 Å². The number of hydrogen-bond acceptors (Lipinski definition) is 3. The zero-order valence-corrected chi connectivity index (χ0v) is 12.5. The molecule has 4 nitrogen and oxygen atoms in total. The Morgan fingerprint density at radius 2 is 2.10 bits per heavy atom. The van der Waals surface area contributed by atoms with E-state index < -0.39 is 0 Å². The van der Waals surface area contributed by atoms with Gasteiger partial charge in [0.1, 0.15) is 0 Å². The van der Waals surface area contributed by atoms with Gasteiger partial charge in [0.05, 0.1) is 0 Å². The number of aryl methyl sites for hydroxylation is 1. The van der Waals surface area contributed by atoms with Gasteiger partial charge in [-0.15, -0.1) is 0 Å². The summed E-state index contributed by atoms with van der Waals surface area (Å²) in [6.07, 6.45) is 2.27. The molecule has 1 saturated heterocycles. The zero-order valence-electron chi connectivity index (χ0n) is 12.5. The molecule has 0 radical (unpaired) electrons. The van der Waals surface area contributed by atoms with Crippen molar-refractivity contribution in [2.24, 2.45) is 11.7 Å². The van der Waals surface area contributed by atoms with Crippen LogP contribution in [0.2, 0.25) is 0 Å².